The molecule has 0 spiro atoms. The van der Waals surface area contributed by atoms with Gasteiger partial charge in [-0.1, -0.05) is 0 Å². The summed E-state index contributed by atoms with van der Waals surface area (Å²) in [6.07, 6.45) is 3.73. The molecule has 0 bridgehead atoms. The fraction of sp³-hybridized carbons (Fsp3) is 0.545. The van der Waals surface area contributed by atoms with Gasteiger partial charge in [-0.05, 0) is 18.9 Å². The minimum Gasteiger partial charge on any atom is -0.381 e. The van der Waals surface area contributed by atoms with Gasteiger partial charge in [-0.3, -0.25) is 4.79 Å². The van der Waals surface area contributed by atoms with E-state index in [2.05, 4.69) is 9.97 Å². The molecule has 1 atom stereocenters. The van der Waals surface area contributed by atoms with Crippen molar-refractivity contribution in [2.75, 3.05) is 13.2 Å². The molecule has 15 heavy (non-hydrogen) atoms. The highest BCUT2D eigenvalue weighted by atomic mass is 16.5. The van der Waals surface area contributed by atoms with Gasteiger partial charge in [0, 0.05) is 25.6 Å². The predicted octanol–water partition coefficient (Wildman–Crippen LogP) is 1.57. The molecular weight excluding hydrogens is 192 g/mol. The molecule has 0 amide bonds. The Morgan fingerprint density at radius 2 is 2.47 bits per heavy atom. The number of ketones is 1. The van der Waals surface area contributed by atoms with E-state index < -0.39 is 0 Å². The van der Waals surface area contributed by atoms with E-state index in [-0.39, 0.29) is 11.7 Å². The second-order valence-corrected chi connectivity index (χ2v) is 3.77. The summed E-state index contributed by atoms with van der Waals surface area (Å²) in [6, 6.07) is 1.65. The van der Waals surface area contributed by atoms with Gasteiger partial charge in [0.1, 0.15) is 11.5 Å². The van der Waals surface area contributed by atoms with Crippen molar-refractivity contribution in [1.29, 1.82) is 0 Å². The van der Waals surface area contributed by atoms with Crippen molar-refractivity contribution in [3.8, 4) is 0 Å². The Morgan fingerprint density at radius 3 is 3.13 bits per heavy atom. The molecule has 0 radical (unpaired) electrons. The van der Waals surface area contributed by atoms with Crippen LogP contribution in [0, 0.1) is 0 Å². The third-order valence-electron chi connectivity index (χ3n) is 2.56. The summed E-state index contributed by atoms with van der Waals surface area (Å²) in [6.45, 7) is 3.01. The molecule has 1 aromatic heterocycles. The summed E-state index contributed by atoms with van der Waals surface area (Å²) in [5.74, 6) is 0.968. The summed E-state index contributed by atoms with van der Waals surface area (Å²) in [7, 11) is 0. The predicted molar refractivity (Wildman–Crippen MR) is 54.8 cm³/mol. The zero-order valence-corrected chi connectivity index (χ0v) is 8.77. The summed E-state index contributed by atoms with van der Waals surface area (Å²) in [5.41, 5.74) is 0.491. The lowest BCUT2D eigenvalue weighted by molar-refractivity contribution is 0.0778. The Labute approximate surface area is 88.7 Å². The van der Waals surface area contributed by atoms with E-state index in [0.29, 0.717) is 12.3 Å². The Kier molecular flexibility index (Phi) is 3.06. The fourth-order valence-corrected chi connectivity index (χ4v) is 1.71. The summed E-state index contributed by atoms with van der Waals surface area (Å²) in [4.78, 5) is 19.6. The second-order valence-electron chi connectivity index (χ2n) is 3.77. The van der Waals surface area contributed by atoms with Crippen molar-refractivity contribution >= 4 is 5.78 Å². The number of hydrogen-bond acceptors (Lipinski definition) is 4. The highest BCUT2D eigenvalue weighted by molar-refractivity contribution is 5.91. The maximum absolute atomic E-state index is 11.2. The summed E-state index contributed by atoms with van der Waals surface area (Å²) in [5, 5.41) is 0. The lowest BCUT2D eigenvalue weighted by Crippen LogP contribution is -2.18. The van der Waals surface area contributed by atoms with Crippen molar-refractivity contribution in [3.63, 3.8) is 0 Å². The standard InChI is InChI=1S/C11H14N2O2/c1-8(14)10-4-5-12-11(13-10)9-3-2-6-15-7-9/h4-5,9H,2-3,6-7H2,1H3. The van der Waals surface area contributed by atoms with E-state index in [1.807, 2.05) is 0 Å². The number of rotatable bonds is 2. The Hall–Kier alpha value is -1.29. The first-order valence-electron chi connectivity index (χ1n) is 5.19. The first kappa shape index (κ1) is 10.2. The van der Waals surface area contributed by atoms with E-state index in [0.717, 1.165) is 25.3 Å². The van der Waals surface area contributed by atoms with Crippen LogP contribution in [0.1, 0.15) is 42.0 Å². The molecule has 1 aliphatic rings. The van der Waals surface area contributed by atoms with Crippen LogP contribution >= 0.6 is 0 Å². The molecule has 2 heterocycles. The molecule has 0 aromatic carbocycles. The van der Waals surface area contributed by atoms with Gasteiger partial charge in [0.15, 0.2) is 5.78 Å². The number of carbonyl (C=O) groups is 1. The number of ether oxygens (including phenoxy) is 1. The smallest absolute Gasteiger partial charge is 0.178 e. The topological polar surface area (TPSA) is 52.1 Å². The van der Waals surface area contributed by atoms with E-state index in [4.69, 9.17) is 4.74 Å². The number of aromatic nitrogens is 2. The molecule has 4 nitrogen and oxygen atoms in total. The summed E-state index contributed by atoms with van der Waals surface area (Å²) < 4.78 is 5.37. The van der Waals surface area contributed by atoms with Crippen LogP contribution in [0.5, 0.6) is 0 Å². The lowest BCUT2D eigenvalue weighted by Gasteiger charge is -2.20. The molecule has 4 heteroatoms. The van der Waals surface area contributed by atoms with Crippen LogP contribution < -0.4 is 0 Å². The minimum absolute atomic E-state index is 0.0182. The van der Waals surface area contributed by atoms with Gasteiger partial charge in [-0.25, -0.2) is 9.97 Å². The van der Waals surface area contributed by atoms with Gasteiger partial charge in [-0.15, -0.1) is 0 Å². The van der Waals surface area contributed by atoms with E-state index in [9.17, 15) is 4.79 Å². The van der Waals surface area contributed by atoms with Gasteiger partial charge >= 0.3 is 0 Å². The molecule has 80 valence electrons. The van der Waals surface area contributed by atoms with Gasteiger partial charge in [0.05, 0.1) is 6.61 Å². The fourth-order valence-electron chi connectivity index (χ4n) is 1.71. The Bertz CT molecular complexity index is 359. The molecule has 1 saturated heterocycles. The van der Waals surface area contributed by atoms with Crippen molar-refractivity contribution in [3.05, 3.63) is 23.8 Å². The lowest BCUT2D eigenvalue weighted by atomic mass is 10.0. The van der Waals surface area contributed by atoms with Gasteiger partial charge in [-0.2, -0.15) is 0 Å². The maximum atomic E-state index is 11.2. The van der Waals surface area contributed by atoms with Crippen molar-refractivity contribution < 1.29 is 9.53 Å². The van der Waals surface area contributed by atoms with E-state index in [1.54, 1.807) is 12.3 Å². The number of Topliss-reactive ketones (excluding diaryl/α,β-unsaturated/α-hetero) is 1. The minimum atomic E-state index is -0.0182. The van der Waals surface area contributed by atoms with Crippen LogP contribution in [-0.4, -0.2) is 29.0 Å². The molecule has 1 aromatic rings. The first-order chi connectivity index (χ1) is 7.27. The third kappa shape index (κ3) is 2.39. The molecule has 0 saturated carbocycles. The molecule has 0 aliphatic carbocycles. The van der Waals surface area contributed by atoms with Crippen molar-refractivity contribution in [1.82, 2.24) is 9.97 Å². The van der Waals surface area contributed by atoms with Crippen LogP contribution in [0.2, 0.25) is 0 Å². The molecule has 1 fully saturated rings. The average Bonchev–Trinajstić information content (AvgIpc) is 2.30. The normalized spacial score (nSPS) is 21.3. The van der Waals surface area contributed by atoms with Gasteiger partial charge < -0.3 is 4.74 Å². The summed E-state index contributed by atoms with van der Waals surface area (Å²) >= 11 is 0. The Morgan fingerprint density at radius 1 is 1.60 bits per heavy atom. The van der Waals surface area contributed by atoms with Crippen molar-refractivity contribution in [2.45, 2.75) is 25.7 Å². The van der Waals surface area contributed by atoms with Gasteiger partial charge in [0.25, 0.3) is 0 Å². The van der Waals surface area contributed by atoms with Crippen molar-refractivity contribution in [2.24, 2.45) is 0 Å². The second kappa shape index (κ2) is 4.49. The Balaban J connectivity index is 2.19. The molecule has 0 N–H and O–H groups in total. The zero-order chi connectivity index (χ0) is 10.7. The van der Waals surface area contributed by atoms with E-state index >= 15 is 0 Å². The molecule has 1 aliphatic heterocycles. The van der Waals surface area contributed by atoms with Crippen LogP contribution in [0.3, 0.4) is 0 Å². The molecule has 2 rings (SSSR count). The highest BCUT2D eigenvalue weighted by Crippen LogP contribution is 2.22. The SMILES string of the molecule is CC(=O)c1ccnc(C2CCCOC2)n1. The number of carbonyl (C=O) groups excluding carboxylic acids is 1. The monoisotopic (exact) mass is 206 g/mol. The van der Waals surface area contributed by atoms with E-state index in [1.165, 1.54) is 6.92 Å². The number of nitrogens with zero attached hydrogens (tertiary/aromatic N) is 2. The zero-order valence-electron chi connectivity index (χ0n) is 8.77. The maximum Gasteiger partial charge on any atom is 0.178 e. The van der Waals surface area contributed by atoms with Gasteiger partial charge in [0.2, 0.25) is 0 Å². The molecule has 1 unspecified atom stereocenters. The van der Waals surface area contributed by atoms with Crippen LogP contribution in [0.4, 0.5) is 0 Å². The third-order valence-corrected chi connectivity index (χ3v) is 2.56. The van der Waals surface area contributed by atoms with Crippen LogP contribution in [0.15, 0.2) is 12.3 Å². The van der Waals surface area contributed by atoms with Crippen LogP contribution in [-0.2, 0) is 4.74 Å². The molecular formula is C11H14N2O2. The average molecular weight is 206 g/mol. The first-order valence-corrected chi connectivity index (χ1v) is 5.19. The largest absolute Gasteiger partial charge is 0.381 e. The number of hydrogen-bond donors (Lipinski definition) is 0. The quantitative estimate of drug-likeness (QED) is 0.689. The highest BCUT2D eigenvalue weighted by Gasteiger charge is 2.19. The van der Waals surface area contributed by atoms with Crippen LogP contribution in [0.25, 0.3) is 0 Å².